The Morgan fingerprint density at radius 3 is 2.63 bits per heavy atom. The first-order valence-corrected chi connectivity index (χ1v) is 6.55. The van der Waals surface area contributed by atoms with Gasteiger partial charge in [0.15, 0.2) is 23.3 Å². The van der Waals surface area contributed by atoms with Gasteiger partial charge in [-0.1, -0.05) is 6.92 Å². The number of aliphatic hydroxyl groups is 1. The van der Waals surface area contributed by atoms with Crippen molar-refractivity contribution < 1.29 is 13.9 Å². The van der Waals surface area contributed by atoms with E-state index in [9.17, 15) is 8.78 Å². The molecule has 0 aliphatic heterocycles. The summed E-state index contributed by atoms with van der Waals surface area (Å²) in [5, 5.41) is 14.4. The second-order valence-corrected chi connectivity index (χ2v) is 4.49. The van der Waals surface area contributed by atoms with E-state index in [1.54, 1.807) is 0 Å². The van der Waals surface area contributed by atoms with Gasteiger partial charge in [-0.15, -0.1) is 0 Å². The zero-order chi connectivity index (χ0) is 14.3. The molecule has 0 aliphatic rings. The summed E-state index contributed by atoms with van der Waals surface area (Å²) in [5.41, 5.74) is 0. The third-order valence-electron chi connectivity index (χ3n) is 2.65. The summed E-state index contributed by atoms with van der Waals surface area (Å²) in [6, 6.07) is 0.783. The van der Waals surface area contributed by atoms with Gasteiger partial charge in [-0.05, 0) is 26.2 Å². The molecule has 0 aromatic carbocycles. The lowest BCUT2D eigenvalue weighted by Gasteiger charge is -2.16. The Bertz CT molecular complexity index is 402. The molecule has 0 radical (unpaired) electrons. The van der Waals surface area contributed by atoms with Crippen LogP contribution >= 0.6 is 0 Å². The Morgan fingerprint density at radius 1 is 1.32 bits per heavy atom. The maximum atomic E-state index is 13.6. The van der Waals surface area contributed by atoms with Gasteiger partial charge >= 0.3 is 0 Å². The summed E-state index contributed by atoms with van der Waals surface area (Å²) in [7, 11) is 0. The third-order valence-corrected chi connectivity index (χ3v) is 2.65. The lowest BCUT2D eigenvalue weighted by Crippen LogP contribution is -2.18. The molecule has 1 aromatic heterocycles. The average Bonchev–Trinajstić information content (AvgIpc) is 2.38. The van der Waals surface area contributed by atoms with Crippen molar-refractivity contribution in [1.29, 1.82) is 0 Å². The number of nitrogens with zero attached hydrogens (tertiary/aromatic N) is 1. The minimum Gasteiger partial charge on any atom is -0.396 e. The third kappa shape index (κ3) is 4.98. The Labute approximate surface area is 112 Å². The van der Waals surface area contributed by atoms with Gasteiger partial charge < -0.3 is 15.7 Å². The van der Waals surface area contributed by atoms with Crippen molar-refractivity contribution in [2.24, 2.45) is 0 Å². The Morgan fingerprint density at radius 2 is 2.00 bits per heavy atom. The van der Waals surface area contributed by atoms with E-state index >= 15 is 0 Å². The van der Waals surface area contributed by atoms with Crippen LogP contribution in [0.15, 0.2) is 6.07 Å². The van der Waals surface area contributed by atoms with Gasteiger partial charge in [0.05, 0.1) is 0 Å². The number of pyridine rings is 1. The summed E-state index contributed by atoms with van der Waals surface area (Å²) in [5.74, 6) is -1.32. The van der Waals surface area contributed by atoms with Crippen LogP contribution in [0.3, 0.4) is 0 Å². The molecule has 108 valence electrons. The molecule has 6 heteroatoms. The molecule has 19 heavy (non-hydrogen) atoms. The predicted molar refractivity (Wildman–Crippen MR) is 72.3 cm³/mol. The first kappa shape index (κ1) is 15.6. The smallest absolute Gasteiger partial charge is 0.168 e. The molecule has 1 aromatic rings. The predicted octanol–water partition coefficient (Wildman–Crippen LogP) is 2.75. The lowest BCUT2D eigenvalue weighted by molar-refractivity contribution is 0.282. The van der Waals surface area contributed by atoms with Gasteiger partial charge in [0.25, 0.3) is 0 Å². The highest BCUT2D eigenvalue weighted by molar-refractivity contribution is 5.47. The Balaban J connectivity index is 2.76. The van der Waals surface area contributed by atoms with E-state index in [-0.39, 0.29) is 24.3 Å². The maximum Gasteiger partial charge on any atom is 0.168 e. The number of nitrogens with one attached hydrogen (secondary N) is 2. The van der Waals surface area contributed by atoms with Crippen LogP contribution in [0, 0.1) is 11.6 Å². The van der Waals surface area contributed by atoms with Gasteiger partial charge in [-0.25, -0.2) is 13.8 Å². The maximum absolute atomic E-state index is 13.6. The zero-order valence-electron chi connectivity index (χ0n) is 11.3. The van der Waals surface area contributed by atoms with E-state index in [4.69, 9.17) is 5.11 Å². The van der Waals surface area contributed by atoms with E-state index in [2.05, 4.69) is 15.6 Å². The number of hydrogen-bond acceptors (Lipinski definition) is 4. The van der Waals surface area contributed by atoms with Crippen LogP contribution in [0.2, 0.25) is 0 Å². The second-order valence-electron chi connectivity index (χ2n) is 4.49. The number of aliphatic hydroxyl groups excluding tert-OH is 1. The monoisotopic (exact) mass is 273 g/mol. The Hall–Kier alpha value is -1.43. The summed E-state index contributed by atoms with van der Waals surface area (Å²) in [4.78, 5) is 3.92. The molecule has 1 atom stereocenters. The second kappa shape index (κ2) is 7.89. The van der Waals surface area contributed by atoms with Crippen molar-refractivity contribution in [3.8, 4) is 0 Å². The summed E-state index contributed by atoms with van der Waals surface area (Å²) >= 11 is 0. The molecule has 1 heterocycles. The van der Waals surface area contributed by atoms with E-state index in [1.165, 1.54) is 0 Å². The molecule has 0 spiro atoms. The quantitative estimate of drug-likeness (QED) is 0.681. The lowest BCUT2D eigenvalue weighted by atomic mass is 10.2. The molecule has 4 nitrogen and oxygen atoms in total. The van der Waals surface area contributed by atoms with Gasteiger partial charge in [-0.2, -0.15) is 0 Å². The normalized spacial score (nSPS) is 12.3. The largest absolute Gasteiger partial charge is 0.396 e. The van der Waals surface area contributed by atoms with Gasteiger partial charge in [0.2, 0.25) is 0 Å². The van der Waals surface area contributed by atoms with Crippen molar-refractivity contribution >= 4 is 11.6 Å². The fourth-order valence-corrected chi connectivity index (χ4v) is 1.64. The number of anilines is 2. The topological polar surface area (TPSA) is 57.2 Å². The minimum atomic E-state index is -0.713. The molecular weight excluding hydrogens is 252 g/mol. The van der Waals surface area contributed by atoms with Crippen LogP contribution in [-0.2, 0) is 0 Å². The van der Waals surface area contributed by atoms with Gasteiger partial charge in [0.1, 0.15) is 0 Å². The SMILES string of the molecule is CCCNc1nc(NC(C)CCCO)c(F)cc1F. The van der Waals surface area contributed by atoms with Crippen LogP contribution in [0.25, 0.3) is 0 Å². The first-order chi connectivity index (χ1) is 9.08. The number of aromatic nitrogens is 1. The molecule has 0 fully saturated rings. The highest BCUT2D eigenvalue weighted by Crippen LogP contribution is 2.20. The summed E-state index contributed by atoms with van der Waals surface area (Å²) in [6.45, 7) is 4.48. The molecule has 1 rings (SSSR count). The summed E-state index contributed by atoms with van der Waals surface area (Å²) in [6.07, 6.45) is 2.14. The first-order valence-electron chi connectivity index (χ1n) is 6.55. The van der Waals surface area contributed by atoms with Gasteiger partial charge in [-0.3, -0.25) is 0 Å². The fraction of sp³-hybridized carbons (Fsp3) is 0.615. The van der Waals surface area contributed by atoms with Crippen LogP contribution < -0.4 is 10.6 Å². The molecule has 0 amide bonds. The molecule has 3 N–H and O–H groups in total. The highest BCUT2D eigenvalue weighted by atomic mass is 19.1. The van der Waals surface area contributed by atoms with Crippen LogP contribution in [0.1, 0.15) is 33.1 Å². The minimum absolute atomic E-state index is 0.0328. The van der Waals surface area contributed by atoms with E-state index < -0.39 is 11.6 Å². The highest BCUT2D eigenvalue weighted by Gasteiger charge is 2.13. The number of hydrogen-bond donors (Lipinski definition) is 3. The van der Waals surface area contributed by atoms with Crippen molar-refractivity contribution in [3.05, 3.63) is 17.7 Å². The molecule has 0 saturated heterocycles. The molecular formula is C13H21F2N3O. The molecule has 0 saturated carbocycles. The van der Waals surface area contributed by atoms with E-state index in [0.717, 1.165) is 12.5 Å². The zero-order valence-corrected chi connectivity index (χ0v) is 11.3. The van der Waals surface area contributed by atoms with Crippen LogP contribution in [0.5, 0.6) is 0 Å². The Kier molecular flexibility index (Phi) is 6.49. The fourth-order valence-electron chi connectivity index (χ4n) is 1.64. The van der Waals surface area contributed by atoms with Crippen LogP contribution in [-0.4, -0.2) is 29.3 Å². The average molecular weight is 273 g/mol. The number of halogens is 2. The van der Waals surface area contributed by atoms with Crippen LogP contribution in [0.4, 0.5) is 20.4 Å². The van der Waals surface area contributed by atoms with E-state index in [1.807, 2.05) is 13.8 Å². The van der Waals surface area contributed by atoms with E-state index in [0.29, 0.717) is 19.4 Å². The molecule has 0 bridgehead atoms. The van der Waals surface area contributed by atoms with Crippen molar-refractivity contribution in [2.45, 2.75) is 39.2 Å². The van der Waals surface area contributed by atoms with Crippen molar-refractivity contribution in [1.82, 2.24) is 4.98 Å². The summed E-state index contributed by atoms with van der Waals surface area (Å²) < 4.78 is 27.1. The molecule has 0 aliphatic carbocycles. The standard InChI is InChI=1S/C13H21F2N3O/c1-3-6-16-12-10(14)8-11(15)13(18-12)17-9(2)5-4-7-19/h8-9,19H,3-7H2,1-2H3,(H2,16,17,18). The van der Waals surface area contributed by atoms with Crippen molar-refractivity contribution in [3.63, 3.8) is 0 Å². The number of rotatable bonds is 8. The van der Waals surface area contributed by atoms with Crippen molar-refractivity contribution in [2.75, 3.05) is 23.8 Å². The van der Waals surface area contributed by atoms with Gasteiger partial charge in [0, 0.05) is 25.3 Å². The molecule has 1 unspecified atom stereocenters.